The molecule has 0 saturated heterocycles. The Balaban J connectivity index is 1.85. The van der Waals surface area contributed by atoms with E-state index in [2.05, 4.69) is 29.1 Å². The van der Waals surface area contributed by atoms with Crippen LogP contribution in [0, 0.1) is 17.6 Å². The Bertz CT molecular complexity index is 1050. The number of hydrogen-bond donors (Lipinski definition) is 1. The van der Waals surface area contributed by atoms with Crippen LogP contribution in [0.1, 0.15) is 31.4 Å². The molecule has 0 atom stereocenters. The molecule has 6 nitrogen and oxygen atoms in total. The number of aryl methyl sites for hydroxylation is 1. The van der Waals surface area contributed by atoms with Crippen LogP contribution in [0.15, 0.2) is 47.6 Å². The third-order valence-electron chi connectivity index (χ3n) is 4.50. The molecule has 3 rings (SSSR count). The highest BCUT2D eigenvalue weighted by atomic mass is 32.1. The summed E-state index contributed by atoms with van der Waals surface area (Å²) >= 11 is 5.36. The second-order valence-electron chi connectivity index (χ2n) is 7.16. The summed E-state index contributed by atoms with van der Waals surface area (Å²) in [6, 6.07) is 13.7. The van der Waals surface area contributed by atoms with Crippen LogP contribution >= 0.6 is 12.2 Å². The Morgan fingerprint density at radius 2 is 2.00 bits per heavy atom. The molecule has 3 aromatic rings. The van der Waals surface area contributed by atoms with E-state index in [0.717, 1.165) is 28.9 Å². The summed E-state index contributed by atoms with van der Waals surface area (Å²) in [6.07, 6.45) is 2.72. The molecular formula is C22H26N4O2S. The molecule has 1 N–H and O–H groups in total. The fraction of sp³-hybridized carbons (Fsp3) is 0.318. The maximum atomic E-state index is 5.85. The van der Waals surface area contributed by atoms with Crippen molar-refractivity contribution in [3.8, 4) is 22.9 Å². The third-order valence-corrected chi connectivity index (χ3v) is 4.76. The molecule has 0 unspecified atom stereocenters. The summed E-state index contributed by atoms with van der Waals surface area (Å²) < 4.78 is 13.4. The van der Waals surface area contributed by atoms with Crippen LogP contribution in [0.2, 0.25) is 0 Å². The fourth-order valence-electron chi connectivity index (χ4n) is 2.81. The van der Waals surface area contributed by atoms with Gasteiger partial charge in [-0.3, -0.25) is 0 Å². The van der Waals surface area contributed by atoms with Gasteiger partial charge in [-0.1, -0.05) is 38.1 Å². The molecule has 0 aliphatic heterocycles. The smallest absolute Gasteiger partial charge is 0.216 e. The SMILES string of the molecule is COc1cc(/C=N/n2c(-c3ccccc3C)n[nH]c2=S)ccc1OCCC(C)C. The molecule has 152 valence electrons. The third kappa shape index (κ3) is 5.12. The Labute approximate surface area is 176 Å². The largest absolute Gasteiger partial charge is 0.493 e. The molecule has 1 aromatic heterocycles. The summed E-state index contributed by atoms with van der Waals surface area (Å²) in [5, 5.41) is 11.7. The van der Waals surface area contributed by atoms with Crippen LogP contribution in [-0.4, -0.2) is 34.8 Å². The van der Waals surface area contributed by atoms with Gasteiger partial charge in [0.05, 0.1) is 19.9 Å². The number of hydrogen-bond acceptors (Lipinski definition) is 5. The van der Waals surface area contributed by atoms with Gasteiger partial charge in [0.25, 0.3) is 0 Å². The number of rotatable bonds is 8. The molecule has 29 heavy (non-hydrogen) atoms. The van der Waals surface area contributed by atoms with Gasteiger partial charge in [-0.05, 0) is 60.8 Å². The van der Waals surface area contributed by atoms with Crippen LogP contribution in [0.3, 0.4) is 0 Å². The topological polar surface area (TPSA) is 64.4 Å². The van der Waals surface area contributed by atoms with Gasteiger partial charge < -0.3 is 9.47 Å². The molecule has 1 heterocycles. The molecule has 0 fully saturated rings. The molecule has 2 aromatic carbocycles. The van der Waals surface area contributed by atoms with E-state index in [1.807, 2.05) is 49.4 Å². The number of nitrogens with one attached hydrogen (secondary N) is 1. The van der Waals surface area contributed by atoms with Crippen LogP contribution in [-0.2, 0) is 0 Å². The molecule has 7 heteroatoms. The van der Waals surface area contributed by atoms with E-state index < -0.39 is 0 Å². The Morgan fingerprint density at radius 3 is 2.72 bits per heavy atom. The van der Waals surface area contributed by atoms with E-state index in [1.54, 1.807) is 18.0 Å². The lowest BCUT2D eigenvalue weighted by Gasteiger charge is -2.12. The normalized spacial score (nSPS) is 11.3. The van der Waals surface area contributed by atoms with Gasteiger partial charge in [-0.15, -0.1) is 0 Å². The molecule has 0 aliphatic carbocycles. The summed E-state index contributed by atoms with van der Waals surface area (Å²) in [4.78, 5) is 0. The molecule has 0 aliphatic rings. The lowest BCUT2D eigenvalue weighted by molar-refractivity contribution is 0.273. The quantitative estimate of drug-likeness (QED) is 0.408. The van der Waals surface area contributed by atoms with E-state index in [1.165, 1.54) is 0 Å². The van der Waals surface area contributed by atoms with E-state index >= 15 is 0 Å². The Hall–Kier alpha value is -2.93. The molecule has 0 amide bonds. The molecule has 0 bridgehead atoms. The Morgan fingerprint density at radius 1 is 1.21 bits per heavy atom. The van der Waals surface area contributed by atoms with Gasteiger partial charge in [-0.25, -0.2) is 5.10 Å². The zero-order valence-electron chi connectivity index (χ0n) is 17.2. The predicted octanol–water partition coefficient (Wildman–Crippen LogP) is 5.23. The van der Waals surface area contributed by atoms with Gasteiger partial charge in [0.15, 0.2) is 17.3 Å². The highest BCUT2D eigenvalue weighted by Gasteiger charge is 2.10. The number of nitrogens with zero attached hydrogens (tertiary/aromatic N) is 3. The average molecular weight is 411 g/mol. The summed E-state index contributed by atoms with van der Waals surface area (Å²) in [6.45, 7) is 7.04. The second-order valence-corrected chi connectivity index (χ2v) is 7.55. The highest BCUT2D eigenvalue weighted by Crippen LogP contribution is 2.28. The van der Waals surface area contributed by atoms with Gasteiger partial charge >= 0.3 is 0 Å². The van der Waals surface area contributed by atoms with Crippen molar-refractivity contribution in [1.82, 2.24) is 14.9 Å². The molecule has 0 saturated carbocycles. The number of H-pyrrole nitrogens is 1. The minimum atomic E-state index is 0.431. The predicted molar refractivity (Wildman–Crippen MR) is 119 cm³/mol. The lowest BCUT2D eigenvalue weighted by Crippen LogP contribution is -2.03. The van der Waals surface area contributed by atoms with Crippen LogP contribution < -0.4 is 9.47 Å². The number of aromatic amines is 1. The first kappa shape index (κ1) is 20.8. The van der Waals surface area contributed by atoms with Crippen molar-refractivity contribution in [3.05, 3.63) is 58.4 Å². The summed E-state index contributed by atoms with van der Waals surface area (Å²) in [5.74, 6) is 2.66. The van der Waals surface area contributed by atoms with Crippen molar-refractivity contribution < 1.29 is 9.47 Å². The van der Waals surface area contributed by atoms with E-state index in [0.29, 0.717) is 28.9 Å². The zero-order valence-corrected chi connectivity index (χ0v) is 18.0. The number of ether oxygens (including phenoxy) is 2. The maximum Gasteiger partial charge on any atom is 0.216 e. The molecule has 0 spiro atoms. The van der Waals surface area contributed by atoms with Crippen molar-refractivity contribution in [3.63, 3.8) is 0 Å². The van der Waals surface area contributed by atoms with Crippen molar-refractivity contribution in [2.45, 2.75) is 27.2 Å². The average Bonchev–Trinajstić information content (AvgIpc) is 3.07. The highest BCUT2D eigenvalue weighted by molar-refractivity contribution is 7.71. The van der Waals surface area contributed by atoms with Crippen molar-refractivity contribution >= 4 is 18.4 Å². The standard InChI is InChI=1S/C22H26N4O2S/c1-15(2)11-12-28-19-10-9-17(13-20(19)27-4)14-23-26-21(24-25-22(26)29)18-8-6-5-7-16(18)3/h5-10,13-15H,11-12H2,1-4H3,(H,25,29)/b23-14+. The van der Waals surface area contributed by atoms with Crippen LogP contribution in [0.25, 0.3) is 11.4 Å². The fourth-order valence-corrected chi connectivity index (χ4v) is 2.99. The second kappa shape index (κ2) is 9.52. The first-order valence-electron chi connectivity index (χ1n) is 9.58. The minimum absolute atomic E-state index is 0.431. The summed E-state index contributed by atoms with van der Waals surface area (Å²) in [7, 11) is 1.63. The lowest BCUT2D eigenvalue weighted by atomic mass is 10.1. The number of benzene rings is 2. The van der Waals surface area contributed by atoms with E-state index in [4.69, 9.17) is 21.7 Å². The van der Waals surface area contributed by atoms with Crippen LogP contribution in [0.5, 0.6) is 11.5 Å². The first-order valence-corrected chi connectivity index (χ1v) is 9.99. The van der Waals surface area contributed by atoms with Crippen molar-refractivity contribution in [2.24, 2.45) is 11.0 Å². The van der Waals surface area contributed by atoms with E-state index in [-0.39, 0.29) is 0 Å². The minimum Gasteiger partial charge on any atom is -0.493 e. The van der Waals surface area contributed by atoms with Crippen LogP contribution in [0.4, 0.5) is 0 Å². The van der Waals surface area contributed by atoms with Gasteiger partial charge in [0.2, 0.25) is 4.77 Å². The number of methoxy groups -OCH3 is 1. The van der Waals surface area contributed by atoms with E-state index in [9.17, 15) is 0 Å². The maximum absolute atomic E-state index is 5.85. The Kier molecular flexibility index (Phi) is 6.82. The van der Waals surface area contributed by atoms with Crippen molar-refractivity contribution in [1.29, 1.82) is 0 Å². The number of aromatic nitrogens is 3. The van der Waals surface area contributed by atoms with Gasteiger partial charge in [-0.2, -0.15) is 14.9 Å². The molecule has 0 radical (unpaired) electrons. The first-order chi connectivity index (χ1) is 14.0. The summed E-state index contributed by atoms with van der Waals surface area (Å²) in [5.41, 5.74) is 2.95. The molecular weight excluding hydrogens is 384 g/mol. The van der Waals surface area contributed by atoms with Gasteiger partial charge in [0, 0.05) is 5.56 Å². The zero-order chi connectivity index (χ0) is 20.8. The van der Waals surface area contributed by atoms with Crippen molar-refractivity contribution in [2.75, 3.05) is 13.7 Å². The monoisotopic (exact) mass is 410 g/mol. The van der Waals surface area contributed by atoms with Gasteiger partial charge in [0.1, 0.15) is 0 Å².